The number of nitrogens with one attached hydrogen (secondary N) is 1. The fraction of sp³-hybridized carbons (Fsp3) is 0.389. The average molecular weight is 346 g/mol. The second kappa shape index (κ2) is 7.18. The van der Waals surface area contributed by atoms with Crippen LogP contribution in [0, 0.1) is 6.92 Å². The number of aromatic nitrogens is 2. The summed E-state index contributed by atoms with van der Waals surface area (Å²) in [6.45, 7) is 1.76. The maximum atomic E-state index is 12.4. The number of carbonyl (C=O) groups excluding carboxylic acids is 1. The fourth-order valence-corrected chi connectivity index (χ4v) is 3.31. The van der Waals surface area contributed by atoms with E-state index in [0.717, 1.165) is 37.7 Å². The lowest BCUT2D eigenvalue weighted by Crippen LogP contribution is -2.47. The molecule has 126 valence electrons. The minimum absolute atomic E-state index is 0.167. The average Bonchev–Trinajstić information content (AvgIpc) is 3.01. The van der Waals surface area contributed by atoms with Crippen molar-refractivity contribution in [3.63, 3.8) is 0 Å². The fourth-order valence-electron chi connectivity index (χ4n) is 3.11. The van der Waals surface area contributed by atoms with Crippen LogP contribution in [0.15, 0.2) is 34.9 Å². The summed E-state index contributed by atoms with van der Waals surface area (Å²) in [6.07, 6.45) is 8.14. The molecule has 6 heteroatoms. The molecule has 0 radical (unpaired) electrons. The first-order chi connectivity index (χ1) is 11.6. The third kappa shape index (κ3) is 3.85. The van der Waals surface area contributed by atoms with E-state index in [1.807, 2.05) is 18.2 Å². The molecule has 3 rings (SSSR count). The van der Waals surface area contributed by atoms with Crippen molar-refractivity contribution in [3.8, 4) is 0 Å². The monoisotopic (exact) mass is 345 g/mol. The standard InChI is InChI=1S/C18H20ClN3O2/c1-13-20-17(22-24-13)18(10-3-2-4-11-18)21-16(23)9-8-14-6-5-7-15(19)12-14/h5-9,12H,2-4,10-11H2,1H3,(H,21,23)/b9-8+. The molecule has 1 aliphatic rings. The maximum Gasteiger partial charge on any atom is 0.244 e. The van der Waals surface area contributed by atoms with Crippen molar-refractivity contribution in [2.45, 2.75) is 44.6 Å². The highest BCUT2D eigenvalue weighted by Crippen LogP contribution is 2.35. The number of benzene rings is 1. The molecule has 5 nitrogen and oxygen atoms in total. The third-order valence-corrected chi connectivity index (χ3v) is 4.54. The number of halogens is 1. The number of hydrogen-bond acceptors (Lipinski definition) is 4. The van der Waals surface area contributed by atoms with Crippen molar-refractivity contribution >= 4 is 23.6 Å². The highest BCUT2D eigenvalue weighted by atomic mass is 35.5. The molecule has 2 aromatic rings. The second-order valence-electron chi connectivity index (χ2n) is 6.16. The number of nitrogens with zero attached hydrogens (tertiary/aromatic N) is 2. The zero-order valence-electron chi connectivity index (χ0n) is 13.6. The van der Waals surface area contributed by atoms with Gasteiger partial charge in [-0.15, -0.1) is 0 Å². The van der Waals surface area contributed by atoms with Gasteiger partial charge in [-0.2, -0.15) is 4.98 Å². The summed E-state index contributed by atoms with van der Waals surface area (Å²) in [5.41, 5.74) is 0.344. The zero-order valence-corrected chi connectivity index (χ0v) is 14.3. The number of hydrogen-bond donors (Lipinski definition) is 1. The Hall–Kier alpha value is -2.14. The van der Waals surface area contributed by atoms with Crippen molar-refractivity contribution in [2.75, 3.05) is 0 Å². The Morgan fingerprint density at radius 2 is 2.12 bits per heavy atom. The van der Waals surface area contributed by atoms with Crippen LogP contribution in [0.5, 0.6) is 0 Å². The van der Waals surface area contributed by atoms with Crippen LogP contribution in [0.25, 0.3) is 6.08 Å². The molecule has 1 aromatic carbocycles. The Morgan fingerprint density at radius 3 is 2.79 bits per heavy atom. The molecule has 1 fully saturated rings. The van der Waals surface area contributed by atoms with Gasteiger partial charge in [-0.05, 0) is 36.6 Å². The van der Waals surface area contributed by atoms with Gasteiger partial charge in [0.25, 0.3) is 0 Å². The topological polar surface area (TPSA) is 68.0 Å². The minimum atomic E-state index is -0.536. The van der Waals surface area contributed by atoms with Gasteiger partial charge in [-0.1, -0.05) is 48.2 Å². The van der Waals surface area contributed by atoms with Crippen LogP contribution in [0.3, 0.4) is 0 Å². The molecule has 1 saturated carbocycles. The van der Waals surface area contributed by atoms with Gasteiger partial charge < -0.3 is 9.84 Å². The van der Waals surface area contributed by atoms with Crippen molar-refractivity contribution in [1.82, 2.24) is 15.5 Å². The van der Waals surface area contributed by atoms with Gasteiger partial charge in [0.1, 0.15) is 5.54 Å². The van der Waals surface area contributed by atoms with Crippen molar-refractivity contribution in [3.05, 3.63) is 52.6 Å². The lowest BCUT2D eigenvalue weighted by atomic mass is 9.81. The first-order valence-electron chi connectivity index (χ1n) is 8.14. The normalized spacial score (nSPS) is 17.1. The van der Waals surface area contributed by atoms with Crippen LogP contribution < -0.4 is 5.32 Å². The van der Waals surface area contributed by atoms with Crippen molar-refractivity contribution in [1.29, 1.82) is 0 Å². The molecule has 1 aromatic heterocycles. The molecule has 1 aliphatic carbocycles. The summed E-state index contributed by atoms with van der Waals surface area (Å²) < 4.78 is 5.12. The van der Waals surface area contributed by atoms with E-state index in [9.17, 15) is 4.79 Å². The van der Waals surface area contributed by atoms with Crippen LogP contribution in [-0.4, -0.2) is 16.0 Å². The highest BCUT2D eigenvalue weighted by molar-refractivity contribution is 6.30. The second-order valence-corrected chi connectivity index (χ2v) is 6.59. The summed E-state index contributed by atoms with van der Waals surface area (Å²) in [6, 6.07) is 7.36. The van der Waals surface area contributed by atoms with Gasteiger partial charge in [-0.25, -0.2) is 0 Å². The Morgan fingerprint density at radius 1 is 1.33 bits per heavy atom. The van der Waals surface area contributed by atoms with E-state index in [1.165, 1.54) is 6.08 Å². The Kier molecular flexibility index (Phi) is 5.00. The SMILES string of the molecule is Cc1nc(C2(NC(=O)/C=C/c3cccc(Cl)c3)CCCCC2)no1. The first-order valence-corrected chi connectivity index (χ1v) is 8.52. The Labute approximate surface area is 146 Å². The predicted octanol–water partition coefficient (Wildman–Crippen LogP) is 4.02. The van der Waals surface area contributed by atoms with Gasteiger partial charge in [0.15, 0.2) is 5.82 Å². The molecular formula is C18H20ClN3O2. The van der Waals surface area contributed by atoms with Crippen LogP contribution in [0.1, 0.15) is 49.4 Å². The Bertz CT molecular complexity index is 748. The van der Waals surface area contributed by atoms with E-state index < -0.39 is 5.54 Å². The summed E-state index contributed by atoms with van der Waals surface area (Å²) in [7, 11) is 0. The van der Waals surface area contributed by atoms with E-state index >= 15 is 0 Å². The van der Waals surface area contributed by atoms with Gasteiger partial charge in [0.05, 0.1) is 0 Å². The summed E-state index contributed by atoms with van der Waals surface area (Å²) in [5.74, 6) is 0.919. The van der Waals surface area contributed by atoms with Crippen molar-refractivity contribution < 1.29 is 9.32 Å². The van der Waals surface area contributed by atoms with Crippen LogP contribution in [0.4, 0.5) is 0 Å². The zero-order chi connectivity index (χ0) is 17.0. The molecule has 1 N–H and O–H groups in total. The summed E-state index contributed by atoms with van der Waals surface area (Å²) in [5, 5.41) is 7.80. The minimum Gasteiger partial charge on any atom is -0.340 e. The molecular weight excluding hydrogens is 326 g/mol. The molecule has 0 unspecified atom stereocenters. The number of aryl methyl sites for hydroxylation is 1. The molecule has 0 atom stereocenters. The van der Waals surface area contributed by atoms with E-state index in [0.29, 0.717) is 16.7 Å². The van der Waals surface area contributed by atoms with Gasteiger partial charge >= 0.3 is 0 Å². The van der Waals surface area contributed by atoms with Crippen molar-refractivity contribution in [2.24, 2.45) is 0 Å². The van der Waals surface area contributed by atoms with E-state index in [4.69, 9.17) is 16.1 Å². The largest absolute Gasteiger partial charge is 0.340 e. The maximum absolute atomic E-state index is 12.4. The highest BCUT2D eigenvalue weighted by Gasteiger charge is 2.39. The third-order valence-electron chi connectivity index (χ3n) is 4.30. The predicted molar refractivity (Wildman–Crippen MR) is 92.4 cm³/mol. The van der Waals surface area contributed by atoms with Crippen LogP contribution >= 0.6 is 11.6 Å². The van der Waals surface area contributed by atoms with Gasteiger partial charge in [0, 0.05) is 18.0 Å². The number of amides is 1. The summed E-state index contributed by atoms with van der Waals surface area (Å²) >= 11 is 5.96. The first kappa shape index (κ1) is 16.7. The molecule has 0 saturated heterocycles. The lowest BCUT2D eigenvalue weighted by Gasteiger charge is -2.34. The molecule has 0 spiro atoms. The van der Waals surface area contributed by atoms with Crippen LogP contribution in [-0.2, 0) is 10.3 Å². The lowest BCUT2D eigenvalue weighted by molar-refractivity contribution is -0.119. The molecule has 0 bridgehead atoms. The van der Waals surface area contributed by atoms with Crippen LogP contribution in [0.2, 0.25) is 5.02 Å². The molecule has 0 aliphatic heterocycles. The van der Waals surface area contributed by atoms with E-state index in [2.05, 4.69) is 15.5 Å². The smallest absolute Gasteiger partial charge is 0.244 e. The Balaban J connectivity index is 1.76. The van der Waals surface area contributed by atoms with E-state index in [-0.39, 0.29) is 5.91 Å². The van der Waals surface area contributed by atoms with Gasteiger partial charge in [0.2, 0.25) is 11.8 Å². The number of carbonyl (C=O) groups is 1. The quantitative estimate of drug-likeness (QED) is 0.850. The molecule has 1 amide bonds. The molecule has 24 heavy (non-hydrogen) atoms. The van der Waals surface area contributed by atoms with Gasteiger partial charge in [-0.3, -0.25) is 4.79 Å². The number of rotatable bonds is 4. The summed E-state index contributed by atoms with van der Waals surface area (Å²) in [4.78, 5) is 16.8. The molecule has 1 heterocycles. The van der Waals surface area contributed by atoms with E-state index in [1.54, 1.807) is 19.1 Å².